The van der Waals surface area contributed by atoms with Gasteiger partial charge in [0.2, 0.25) is 41.4 Å². The minimum Gasteiger partial charge on any atom is -0.508 e. The number of aliphatic imine (C=N–C) groups is 2. The van der Waals surface area contributed by atoms with E-state index < -0.39 is 84.6 Å². The Bertz CT molecular complexity index is 1870. The summed E-state index contributed by atoms with van der Waals surface area (Å²) in [6.07, 6.45) is 1.12. The van der Waals surface area contributed by atoms with Crippen molar-refractivity contribution in [2.45, 2.75) is 89.0 Å². The van der Waals surface area contributed by atoms with Crippen molar-refractivity contribution in [3.8, 4) is 5.75 Å². The summed E-state index contributed by atoms with van der Waals surface area (Å²) in [4.78, 5) is 100. The molecule has 0 fully saturated rings. The van der Waals surface area contributed by atoms with Crippen LogP contribution in [-0.4, -0.2) is 122 Å². The number of nitrogens with one attached hydrogen (secondary N) is 7. The second-order valence-corrected chi connectivity index (χ2v) is 15.1. The number of hydrogen-bond acceptors (Lipinski definition) is 11. The van der Waals surface area contributed by atoms with E-state index in [2.05, 4.69) is 47.2 Å². The smallest absolute Gasteiger partial charge is 0.243 e. The maximum atomic E-state index is 14.0. The number of carbonyl (C=O) groups is 7. The summed E-state index contributed by atoms with van der Waals surface area (Å²) in [6, 6.07) is 9.72. The van der Waals surface area contributed by atoms with Gasteiger partial charge in [0.05, 0.1) is 19.1 Å². The van der Waals surface area contributed by atoms with Crippen molar-refractivity contribution in [2.24, 2.45) is 44.6 Å². The number of rotatable bonds is 28. The third kappa shape index (κ3) is 21.4. The molecule has 63 heavy (non-hydrogen) atoms. The number of amides is 7. The van der Waals surface area contributed by atoms with Gasteiger partial charge in [-0.25, -0.2) is 0 Å². The molecular weight excluding hydrogens is 817 g/mol. The van der Waals surface area contributed by atoms with Crippen molar-refractivity contribution in [3.63, 3.8) is 0 Å². The number of benzene rings is 2. The molecule has 0 radical (unpaired) electrons. The van der Waals surface area contributed by atoms with Crippen LogP contribution >= 0.6 is 0 Å². The zero-order chi connectivity index (χ0) is 46.9. The molecule has 18 N–H and O–H groups in total. The van der Waals surface area contributed by atoms with Gasteiger partial charge in [-0.1, -0.05) is 56.3 Å². The quantitative estimate of drug-likeness (QED) is 0.0225. The largest absolute Gasteiger partial charge is 0.508 e. The molecule has 2 rings (SSSR count). The molecule has 0 saturated heterocycles. The molecule has 5 atom stereocenters. The van der Waals surface area contributed by atoms with Gasteiger partial charge in [-0.15, -0.1) is 0 Å². The van der Waals surface area contributed by atoms with E-state index in [4.69, 9.17) is 28.7 Å². The van der Waals surface area contributed by atoms with Gasteiger partial charge in [-0.05, 0) is 74.8 Å². The molecule has 22 heteroatoms. The van der Waals surface area contributed by atoms with Crippen LogP contribution in [0.3, 0.4) is 0 Å². The monoisotopic (exact) mass is 881 g/mol. The Kier molecular flexibility index (Phi) is 23.0. The maximum Gasteiger partial charge on any atom is 0.243 e. The molecule has 346 valence electrons. The number of guanidine groups is 2. The third-order valence-corrected chi connectivity index (χ3v) is 9.37. The second kappa shape index (κ2) is 27.8. The predicted octanol–water partition coefficient (Wildman–Crippen LogP) is -3.42. The van der Waals surface area contributed by atoms with E-state index in [1.807, 2.05) is 13.8 Å². The molecule has 0 bridgehead atoms. The van der Waals surface area contributed by atoms with E-state index in [-0.39, 0.29) is 75.2 Å². The van der Waals surface area contributed by atoms with Gasteiger partial charge in [0, 0.05) is 19.5 Å². The SMILES string of the molecule is CN[C@@H](Cc1ccc(O)cc1)C(=O)NCC(=O)NCC(=O)N[C@@H](Cc1ccccc1)C(=O)N[C@@H](CC(C)C)C(=O)N[C@@H](CCCN=C(N)N)C(=O)N[C@@H](CCCN=C(N)N)C(N)=O. The first kappa shape index (κ1) is 52.2. The fraction of sp³-hybridized carbons (Fsp3) is 0.488. The molecule has 2 aromatic rings. The fourth-order valence-electron chi connectivity index (χ4n) is 6.11. The highest BCUT2D eigenvalue weighted by atomic mass is 16.3. The van der Waals surface area contributed by atoms with Crippen LogP contribution < -0.4 is 65.9 Å². The van der Waals surface area contributed by atoms with Crippen LogP contribution in [0.1, 0.15) is 57.1 Å². The standard InChI is InChI=1S/C41H64N14O8/c1-24(2)19-31(38(62)54-29(12-8-18-49-41(45)46)37(61)53-28(35(42)59)11-7-17-48-40(43)44)55-39(63)32(21-25-9-5-4-6-10-25)52-34(58)23-50-33(57)22-51-36(60)30(47-3)20-26-13-15-27(56)16-14-26/h4-6,9-10,13-16,24,28-32,47,56H,7-8,11-12,17-23H2,1-3H3,(H2,42,59)(H,50,57)(H,51,60)(H,52,58)(H,53,61)(H,54,62)(H,55,63)(H4,43,44,48)(H4,45,46,49)/t28-,29-,30-,31-,32-/m0/s1. The van der Waals surface area contributed by atoms with E-state index in [0.29, 0.717) is 12.0 Å². The number of carbonyl (C=O) groups excluding carboxylic acids is 7. The number of nitrogens with two attached hydrogens (primary N) is 5. The first-order valence-electron chi connectivity index (χ1n) is 20.5. The number of primary amides is 1. The van der Waals surface area contributed by atoms with Gasteiger partial charge in [0.25, 0.3) is 0 Å². The molecule has 0 saturated carbocycles. The normalized spacial score (nSPS) is 13.1. The lowest BCUT2D eigenvalue weighted by molar-refractivity contribution is -0.134. The van der Waals surface area contributed by atoms with Gasteiger partial charge in [0.1, 0.15) is 29.9 Å². The molecule has 7 amide bonds. The summed E-state index contributed by atoms with van der Waals surface area (Å²) in [5.74, 6) is -5.18. The lowest BCUT2D eigenvalue weighted by Crippen LogP contribution is -2.59. The van der Waals surface area contributed by atoms with Crippen molar-refractivity contribution in [1.82, 2.24) is 37.2 Å². The minimum absolute atomic E-state index is 0.0123. The van der Waals surface area contributed by atoms with Crippen molar-refractivity contribution < 1.29 is 38.7 Å². The summed E-state index contributed by atoms with van der Waals surface area (Å²) >= 11 is 0. The molecule has 0 spiro atoms. The molecule has 0 unspecified atom stereocenters. The Morgan fingerprint density at radius 2 is 1.06 bits per heavy atom. The molecule has 0 aliphatic rings. The van der Waals surface area contributed by atoms with Crippen LogP contribution in [0, 0.1) is 5.92 Å². The topological polar surface area (TPSA) is 379 Å². The van der Waals surface area contributed by atoms with Crippen LogP contribution in [0.15, 0.2) is 64.6 Å². The van der Waals surface area contributed by atoms with Crippen molar-refractivity contribution in [1.29, 1.82) is 0 Å². The highest BCUT2D eigenvalue weighted by molar-refractivity contribution is 5.96. The third-order valence-electron chi connectivity index (χ3n) is 9.37. The fourth-order valence-corrected chi connectivity index (χ4v) is 6.11. The number of phenolic OH excluding ortho intramolecular Hbond substituents is 1. The van der Waals surface area contributed by atoms with E-state index in [1.54, 1.807) is 49.5 Å². The summed E-state index contributed by atoms with van der Waals surface area (Å²) < 4.78 is 0. The number of hydrogen-bond donors (Lipinski definition) is 13. The average Bonchev–Trinajstić information content (AvgIpc) is 3.23. The molecular formula is C41H64N14O8. The summed E-state index contributed by atoms with van der Waals surface area (Å²) in [5, 5.41) is 28.0. The molecule has 0 aliphatic carbocycles. The lowest BCUT2D eigenvalue weighted by atomic mass is 10.00. The van der Waals surface area contributed by atoms with Gasteiger partial charge < -0.3 is 71.0 Å². The molecule has 0 heterocycles. The van der Waals surface area contributed by atoms with Crippen LogP contribution in [0.5, 0.6) is 5.75 Å². The highest BCUT2D eigenvalue weighted by Crippen LogP contribution is 2.12. The van der Waals surface area contributed by atoms with Crippen molar-refractivity contribution in [3.05, 3.63) is 65.7 Å². The number of aromatic hydroxyl groups is 1. The van der Waals surface area contributed by atoms with Gasteiger partial charge in [0.15, 0.2) is 11.9 Å². The van der Waals surface area contributed by atoms with Crippen LogP contribution in [0.2, 0.25) is 0 Å². The van der Waals surface area contributed by atoms with E-state index in [9.17, 15) is 38.7 Å². The maximum absolute atomic E-state index is 14.0. The van der Waals surface area contributed by atoms with Crippen LogP contribution in [0.25, 0.3) is 0 Å². The van der Waals surface area contributed by atoms with E-state index in [0.717, 1.165) is 5.56 Å². The molecule has 22 nitrogen and oxygen atoms in total. The molecule has 2 aromatic carbocycles. The Morgan fingerprint density at radius 1 is 0.571 bits per heavy atom. The lowest BCUT2D eigenvalue weighted by Gasteiger charge is -2.27. The Labute approximate surface area is 366 Å². The van der Waals surface area contributed by atoms with Gasteiger partial charge >= 0.3 is 0 Å². The van der Waals surface area contributed by atoms with Crippen LogP contribution in [-0.2, 0) is 46.4 Å². The Hall–Kier alpha value is -6.97. The molecule has 0 aromatic heterocycles. The van der Waals surface area contributed by atoms with Crippen molar-refractivity contribution >= 4 is 53.3 Å². The molecule has 0 aliphatic heterocycles. The van der Waals surface area contributed by atoms with Crippen LogP contribution in [0.4, 0.5) is 0 Å². The Balaban J connectivity index is 2.18. The zero-order valence-corrected chi connectivity index (χ0v) is 36.0. The average molecular weight is 881 g/mol. The second-order valence-electron chi connectivity index (χ2n) is 15.1. The highest BCUT2D eigenvalue weighted by Gasteiger charge is 2.31. The Morgan fingerprint density at radius 3 is 1.62 bits per heavy atom. The predicted molar refractivity (Wildman–Crippen MR) is 237 cm³/mol. The first-order chi connectivity index (χ1) is 29.9. The van der Waals surface area contributed by atoms with Crippen molar-refractivity contribution in [2.75, 3.05) is 33.2 Å². The number of nitrogens with zero attached hydrogens (tertiary/aromatic N) is 2. The summed E-state index contributed by atoms with van der Waals surface area (Å²) in [6.45, 7) is 2.99. The number of likely N-dealkylation sites (N-methyl/N-ethyl adjacent to an activating group) is 1. The van der Waals surface area contributed by atoms with Gasteiger partial charge in [-0.2, -0.15) is 0 Å². The van der Waals surface area contributed by atoms with E-state index in [1.165, 1.54) is 12.1 Å². The number of phenols is 1. The minimum atomic E-state index is -1.22. The van der Waals surface area contributed by atoms with E-state index >= 15 is 0 Å². The summed E-state index contributed by atoms with van der Waals surface area (Å²) in [7, 11) is 1.59. The first-order valence-corrected chi connectivity index (χ1v) is 20.5. The summed E-state index contributed by atoms with van der Waals surface area (Å²) in [5.41, 5.74) is 28.6. The van der Waals surface area contributed by atoms with Gasteiger partial charge in [-0.3, -0.25) is 43.5 Å². The zero-order valence-electron chi connectivity index (χ0n) is 36.0.